The van der Waals surface area contributed by atoms with Gasteiger partial charge in [0, 0.05) is 12.6 Å². The summed E-state index contributed by atoms with van der Waals surface area (Å²) in [6.45, 7) is 3.66. The molecule has 2 rings (SSSR count). The van der Waals surface area contributed by atoms with Crippen molar-refractivity contribution < 1.29 is 14.3 Å². The third kappa shape index (κ3) is 4.12. The topological polar surface area (TPSA) is 45.8 Å². The maximum atomic E-state index is 9.90. The van der Waals surface area contributed by atoms with Gasteiger partial charge in [0.05, 0.1) is 19.0 Å². The molecule has 0 amide bonds. The highest BCUT2D eigenvalue weighted by molar-refractivity contribution is 4.96. The second-order valence-electron chi connectivity index (χ2n) is 5.27. The van der Waals surface area contributed by atoms with Gasteiger partial charge >= 0.3 is 0 Å². The Bertz CT molecular complexity index is 335. The van der Waals surface area contributed by atoms with Gasteiger partial charge < -0.3 is 19.2 Å². The van der Waals surface area contributed by atoms with E-state index in [2.05, 4.69) is 18.9 Å². The van der Waals surface area contributed by atoms with E-state index in [1.165, 1.54) is 12.8 Å². The summed E-state index contributed by atoms with van der Waals surface area (Å²) >= 11 is 0. The predicted octanol–water partition coefficient (Wildman–Crippen LogP) is 1.89. The number of aliphatic hydroxyl groups excluding tert-OH is 1. The number of ether oxygens (including phenoxy) is 1. The van der Waals surface area contributed by atoms with Crippen LogP contribution in [0.4, 0.5) is 0 Å². The quantitative estimate of drug-likeness (QED) is 0.768. The molecule has 0 spiro atoms. The molecule has 1 fully saturated rings. The monoisotopic (exact) mass is 253 g/mol. The second kappa shape index (κ2) is 6.36. The molecule has 4 nitrogen and oxygen atoms in total. The second-order valence-corrected chi connectivity index (χ2v) is 5.27. The largest absolute Gasteiger partial charge is 0.467 e. The first-order chi connectivity index (χ1) is 8.66. The highest BCUT2D eigenvalue weighted by Gasteiger charge is 2.30. The van der Waals surface area contributed by atoms with Gasteiger partial charge in [0.1, 0.15) is 12.4 Å². The Balaban J connectivity index is 1.60. The zero-order chi connectivity index (χ0) is 13.0. The van der Waals surface area contributed by atoms with Crippen LogP contribution in [0.15, 0.2) is 22.8 Å². The lowest BCUT2D eigenvalue weighted by Crippen LogP contribution is -2.38. The zero-order valence-corrected chi connectivity index (χ0v) is 11.2. The molecule has 0 aliphatic heterocycles. The van der Waals surface area contributed by atoms with Crippen molar-refractivity contribution in [3.63, 3.8) is 0 Å². The molecule has 2 atom stereocenters. The van der Waals surface area contributed by atoms with Crippen LogP contribution in [0.2, 0.25) is 0 Å². The molecule has 4 heteroatoms. The Labute approximate surface area is 109 Å². The summed E-state index contributed by atoms with van der Waals surface area (Å²) in [7, 11) is 2.07. The first-order valence-electron chi connectivity index (χ1n) is 6.65. The molecule has 0 radical (unpaired) electrons. The average molecular weight is 253 g/mol. The lowest BCUT2D eigenvalue weighted by molar-refractivity contribution is 0.00274. The number of aliphatic hydroxyl groups is 1. The van der Waals surface area contributed by atoms with E-state index < -0.39 is 6.10 Å². The minimum absolute atomic E-state index is 0.350. The fraction of sp³-hybridized carbons (Fsp3) is 0.714. The van der Waals surface area contributed by atoms with Crippen LogP contribution in [-0.2, 0) is 11.3 Å². The molecule has 0 saturated heterocycles. The van der Waals surface area contributed by atoms with E-state index >= 15 is 0 Å². The minimum atomic E-state index is -0.439. The highest BCUT2D eigenvalue weighted by atomic mass is 16.5. The smallest absolute Gasteiger partial charge is 0.129 e. The summed E-state index contributed by atoms with van der Waals surface area (Å²) in [4.78, 5) is 2.22. The Hall–Kier alpha value is -0.840. The van der Waals surface area contributed by atoms with E-state index in [4.69, 9.17) is 9.15 Å². The Morgan fingerprint density at radius 2 is 2.33 bits per heavy atom. The lowest BCUT2D eigenvalue weighted by atomic mass is 10.2. The molecule has 102 valence electrons. The van der Waals surface area contributed by atoms with Crippen LogP contribution in [0.3, 0.4) is 0 Å². The summed E-state index contributed by atoms with van der Waals surface area (Å²) in [6, 6.07) is 4.26. The SMILES string of the molecule is CC(C1CC1)N(C)CC(O)COCc1ccco1. The molecule has 0 aromatic carbocycles. The molecule has 1 heterocycles. The number of hydrogen-bond donors (Lipinski definition) is 1. The highest BCUT2D eigenvalue weighted by Crippen LogP contribution is 2.34. The number of furan rings is 1. The molecule has 1 N–H and O–H groups in total. The average Bonchev–Trinajstić information content (AvgIpc) is 3.06. The van der Waals surface area contributed by atoms with Crippen molar-refractivity contribution >= 4 is 0 Å². The van der Waals surface area contributed by atoms with Crippen LogP contribution >= 0.6 is 0 Å². The number of hydrogen-bond acceptors (Lipinski definition) is 4. The zero-order valence-electron chi connectivity index (χ0n) is 11.2. The lowest BCUT2D eigenvalue weighted by Gasteiger charge is -2.26. The van der Waals surface area contributed by atoms with Crippen molar-refractivity contribution in [2.24, 2.45) is 5.92 Å². The van der Waals surface area contributed by atoms with Gasteiger partial charge in [-0.25, -0.2) is 0 Å². The third-order valence-electron chi connectivity index (χ3n) is 3.63. The Kier molecular flexibility index (Phi) is 4.80. The van der Waals surface area contributed by atoms with Crippen molar-refractivity contribution in [3.8, 4) is 0 Å². The Morgan fingerprint density at radius 1 is 1.56 bits per heavy atom. The van der Waals surface area contributed by atoms with Crippen LogP contribution < -0.4 is 0 Å². The number of likely N-dealkylation sites (N-methyl/N-ethyl adjacent to an activating group) is 1. The maximum Gasteiger partial charge on any atom is 0.129 e. The van der Waals surface area contributed by atoms with Gasteiger partial charge in [-0.15, -0.1) is 0 Å². The van der Waals surface area contributed by atoms with Crippen LogP contribution in [0.1, 0.15) is 25.5 Å². The Morgan fingerprint density at radius 3 is 2.94 bits per heavy atom. The van der Waals surface area contributed by atoms with Gasteiger partial charge in [0.15, 0.2) is 0 Å². The van der Waals surface area contributed by atoms with E-state index in [0.29, 0.717) is 25.8 Å². The van der Waals surface area contributed by atoms with E-state index in [1.54, 1.807) is 6.26 Å². The number of nitrogens with zero attached hydrogens (tertiary/aromatic N) is 1. The van der Waals surface area contributed by atoms with Crippen molar-refractivity contribution in [2.45, 2.75) is 38.5 Å². The fourth-order valence-corrected chi connectivity index (χ4v) is 2.18. The summed E-state index contributed by atoms with van der Waals surface area (Å²) < 4.78 is 10.6. The molecule has 1 aromatic heterocycles. The van der Waals surface area contributed by atoms with E-state index in [9.17, 15) is 5.11 Å². The third-order valence-corrected chi connectivity index (χ3v) is 3.63. The van der Waals surface area contributed by atoms with Gasteiger partial charge in [-0.3, -0.25) is 0 Å². The molecule has 18 heavy (non-hydrogen) atoms. The maximum absolute atomic E-state index is 9.90. The first kappa shape index (κ1) is 13.6. The van der Waals surface area contributed by atoms with Crippen LogP contribution in [0, 0.1) is 5.92 Å². The molecular weight excluding hydrogens is 230 g/mol. The molecule has 1 saturated carbocycles. The van der Waals surface area contributed by atoms with Crippen LogP contribution in [-0.4, -0.2) is 42.4 Å². The normalized spacial score (nSPS) is 19.1. The van der Waals surface area contributed by atoms with Gasteiger partial charge in [0.2, 0.25) is 0 Å². The molecule has 1 aliphatic carbocycles. The van der Waals surface area contributed by atoms with Crippen molar-refractivity contribution in [3.05, 3.63) is 24.2 Å². The number of rotatable bonds is 8. The van der Waals surface area contributed by atoms with Crippen LogP contribution in [0.5, 0.6) is 0 Å². The fourth-order valence-electron chi connectivity index (χ4n) is 2.18. The van der Waals surface area contributed by atoms with Crippen molar-refractivity contribution in [1.29, 1.82) is 0 Å². The van der Waals surface area contributed by atoms with Crippen molar-refractivity contribution in [2.75, 3.05) is 20.2 Å². The summed E-state index contributed by atoms with van der Waals surface area (Å²) in [5.74, 6) is 1.62. The van der Waals surface area contributed by atoms with E-state index in [1.807, 2.05) is 12.1 Å². The molecular formula is C14H23NO3. The van der Waals surface area contributed by atoms with Gasteiger partial charge in [0.25, 0.3) is 0 Å². The van der Waals surface area contributed by atoms with Gasteiger partial charge in [-0.05, 0) is 44.9 Å². The van der Waals surface area contributed by atoms with Gasteiger partial charge in [-0.1, -0.05) is 0 Å². The van der Waals surface area contributed by atoms with E-state index in [0.717, 1.165) is 11.7 Å². The predicted molar refractivity (Wildman–Crippen MR) is 69.2 cm³/mol. The molecule has 0 bridgehead atoms. The first-order valence-corrected chi connectivity index (χ1v) is 6.65. The van der Waals surface area contributed by atoms with Gasteiger partial charge in [-0.2, -0.15) is 0 Å². The summed E-state index contributed by atoms with van der Waals surface area (Å²) in [5, 5.41) is 9.90. The standard InChI is InChI=1S/C14H23NO3/c1-11(12-5-6-12)15(2)8-13(16)9-17-10-14-4-3-7-18-14/h3-4,7,11-13,16H,5-6,8-10H2,1-2H3. The van der Waals surface area contributed by atoms with Crippen molar-refractivity contribution in [1.82, 2.24) is 4.90 Å². The van der Waals surface area contributed by atoms with E-state index in [-0.39, 0.29) is 0 Å². The summed E-state index contributed by atoms with van der Waals surface area (Å²) in [6.07, 6.45) is 3.85. The van der Waals surface area contributed by atoms with Crippen LogP contribution in [0.25, 0.3) is 0 Å². The summed E-state index contributed by atoms with van der Waals surface area (Å²) in [5.41, 5.74) is 0. The molecule has 1 aromatic rings. The molecule has 2 unspecified atom stereocenters. The molecule has 1 aliphatic rings. The minimum Gasteiger partial charge on any atom is -0.467 e.